The van der Waals surface area contributed by atoms with Gasteiger partial charge in [0.2, 0.25) is 10.0 Å². The summed E-state index contributed by atoms with van der Waals surface area (Å²) in [6, 6.07) is 2.04. The predicted molar refractivity (Wildman–Crippen MR) is 85.4 cm³/mol. The number of nitrogens with zero attached hydrogens (tertiary/aromatic N) is 3. The second-order valence-corrected chi connectivity index (χ2v) is 8.46. The number of thiophene rings is 1. The summed E-state index contributed by atoms with van der Waals surface area (Å²) in [5.41, 5.74) is 0. The average Bonchev–Trinajstić information content (AvgIpc) is 2.76. The summed E-state index contributed by atoms with van der Waals surface area (Å²) >= 11 is 1.65. The number of hydrogen-bond acceptors (Lipinski definition) is 6. The molecule has 21 heavy (non-hydrogen) atoms. The Morgan fingerprint density at radius 2 is 2.24 bits per heavy atom. The molecule has 0 aromatic carbocycles. The number of sulfonamides is 1. The SMILES string of the molecule is Cc1cc2c(N3CCCC(NS(C)(=O)=O)C3)ncnc2s1. The van der Waals surface area contributed by atoms with Gasteiger partial charge in [-0.1, -0.05) is 0 Å². The molecule has 0 bridgehead atoms. The van der Waals surface area contributed by atoms with Crippen LogP contribution in [0.1, 0.15) is 17.7 Å². The van der Waals surface area contributed by atoms with Crippen molar-refractivity contribution in [1.82, 2.24) is 14.7 Å². The second kappa shape index (κ2) is 5.51. The van der Waals surface area contributed by atoms with Crippen LogP contribution < -0.4 is 9.62 Å². The molecular formula is C13H18N4O2S2. The van der Waals surface area contributed by atoms with Crippen LogP contribution in [0, 0.1) is 6.92 Å². The number of nitrogens with one attached hydrogen (secondary N) is 1. The maximum atomic E-state index is 11.4. The maximum absolute atomic E-state index is 11.4. The van der Waals surface area contributed by atoms with Gasteiger partial charge in [-0.3, -0.25) is 0 Å². The van der Waals surface area contributed by atoms with Gasteiger partial charge in [-0.05, 0) is 25.8 Å². The van der Waals surface area contributed by atoms with Crippen LogP contribution in [-0.4, -0.2) is 43.8 Å². The first kappa shape index (κ1) is 14.7. The minimum atomic E-state index is -3.18. The third-order valence-corrected chi connectivity index (χ3v) is 5.25. The normalized spacial score (nSPS) is 20.1. The van der Waals surface area contributed by atoms with Crippen molar-refractivity contribution in [2.45, 2.75) is 25.8 Å². The van der Waals surface area contributed by atoms with Crippen LogP contribution in [0.4, 0.5) is 5.82 Å². The van der Waals surface area contributed by atoms with E-state index < -0.39 is 10.0 Å². The van der Waals surface area contributed by atoms with Crippen molar-refractivity contribution in [2.75, 3.05) is 24.2 Å². The third-order valence-electron chi connectivity index (χ3n) is 3.53. The zero-order valence-corrected chi connectivity index (χ0v) is 13.7. The summed E-state index contributed by atoms with van der Waals surface area (Å²) in [7, 11) is -3.18. The number of anilines is 1. The summed E-state index contributed by atoms with van der Waals surface area (Å²) in [5.74, 6) is 0.907. The quantitative estimate of drug-likeness (QED) is 0.925. The Morgan fingerprint density at radius 3 is 3.00 bits per heavy atom. The monoisotopic (exact) mass is 326 g/mol. The highest BCUT2D eigenvalue weighted by Crippen LogP contribution is 2.31. The predicted octanol–water partition coefficient (Wildman–Crippen LogP) is 1.52. The van der Waals surface area contributed by atoms with Crippen LogP contribution in [0.5, 0.6) is 0 Å². The van der Waals surface area contributed by atoms with Crippen molar-refractivity contribution in [1.29, 1.82) is 0 Å². The molecule has 114 valence electrons. The lowest BCUT2D eigenvalue weighted by Crippen LogP contribution is -2.47. The van der Waals surface area contributed by atoms with E-state index in [1.807, 2.05) is 0 Å². The lowest BCUT2D eigenvalue weighted by atomic mass is 10.1. The van der Waals surface area contributed by atoms with Crippen LogP contribution >= 0.6 is 11.3 Å². The van der Waals surface area contributed by atoms with E-state index >= 15 is 0 Å². The molecule has 3 heterocycles. The second-order valence-electron chi connectivity index (χ2n) is 5.45. The van der Waals surface area contributed by atoms with Crippen molar-refractivity contribution in [2.24, 2.45) is 0 Å². The highest BCUT2D eigenvalue weighted by molar-refractivity contribution is 7.88. The molecule has 0 aliphatic carbocycles. The molecule has 2 aromatic heterocycles. The van der Waals surface area contributed by atoms with Crippen molar-refractivity contribution >= 4 is 37.4 Å². The van der Waals surface area contributed by atoms with Crippen molar-refractivity contribution in [3.63, 3.8) is 0 Å². The number of aryl methyl sites for hydroxylation is 1. The maximum Gasteiger partial charge on any atom is 0.209 e. The number of fused-ring (bicyclic) bond motifs is 1. The van der Waals surface area contributed by atoms with E-state index in [0.717, 1.165) is 35.4 Å². The Bertz CT molecular complexity index is 757. The lowest BCUT2D eigenvalue weighted by Gasteiger charge is -2.33. The minimum Gasteiger partial charge on any atom is -0.354 e. The standard InChI is InChI=1S/C13H18N4O2S2/c1-9-6-11-12(14-8-15-13(11)20-9)17-5-3-4-10(7-17)16-21(2,18)19/h6,8,10,16H,3-5,7H2,1-2H3. The number of aromatic nitrogens is 2. The van der Waals surface area contributed by atoms with Gasteiger partial charge in [-0.25, -0.2) is 23.1 Å². The van der Waals surface area contributed by atoms with Gasteiger partial charge < -0.3 is 4.90 Å². The molecule has 8 heteroatoms. The summed E-state index contributed by atoms with van der Waals surface area (Å²) in [4.78, 5) is 13.1. The molecule has 3 rings (SSSR count). The Kier molecular flexibility index (Phi) is 3.85. The molecule has 1 saturated heterocycles. The van der Waals surface area contributed by atoms with Crippen LogP contribution in [0.25, 0.3) is 10.2 Å². The number of piperidine rings is 1. The van der Waals surface area contributed by atoms with Crippen LogP contribution in [0.3, 0.4) is 0 Å². The molecule has 1 N–H and O–H groups in total. The average molecular weight is 326 g/mol. The van der Waals surface area contributed by atoms with E-state index in [9.17, 15) is 8.42 Å². The molecule has 1 fully saturated rings. The van der Waals surface area contributed by atoms with Crippen molar-refractivity contribution in [3.8, 4) is 0 Å². The summed E-state index contributed by atoms with van der Waals surface area (Å²) in [6.45, 7) is 3.59. The first-order valence-electron chi connectivity index (χ1n) is 6.86. The van der Waals surface area contributed by atoms with E-state index in [1.54, 1.807) is 17.7 Å². The molecule has 2 aromatic rings. The topological polar surface area (TPSA) is 75.2 Å². The van der Waals surface area contributed by atoms with E-state index in [2.05, 4.69) is 32.6 Å². The van der Waals surface area contributed by atoms with E-state index in [0.29, 0.717) is 6.54 Å². The fraction of sp³-hybridized carbons (Fsp3) is 0.538. The van der Waals surface area contributed by atoms with Gasteiger partial charge in [0.05, 0.1) is 11.6 Å². The van der Waals surface area contributed by atoms with Crippen LogP contribution in [-0.2, 0) is 10.0 Å². The van der Waals surface area contributed by atoms with E-state index in [1.165, 1.54) is 11.1 Å². The Labute approximate surface area is 128 Å². The Morgan fingerprint density at radius 1 is 1.43 bits per heavy atom. The highest BCUT2D eigenvalue weighted by atomic mass is 32.2. The summed E-state index contributed by atoms with van der Waals surface area (Å²) < 4.78 is 25.5. The van der Waals surface area contributed by atoms with Crippen molar-refractivity contribution in [3.05, 3.63) is 17.3 Å². The van der Waals surface area contributed by atoms with Gasteiger partial charge in [0.25, 0.3) is 0 Å². The van der Waals surface area contributed by atoms with Gasteiger partial charge in [0.1, 0.15) is 17.0 Å². The largest absolute Gasteiger partial charge is 0.354 e. The zero-order valence-electron chi connectivity index (χ0n) is 12.0. The third kappa shape index (κ3) is 3.33. The molecule has 0 amide bonds. The van der Waals surface area contributed by atoms with E-state index in [4.69, 9.17) is 0 Å². The molecule has 1 aliphatic heterocycles. The molecule has 1 unspecified atom stereocenters. The van der Waals surface area contributed by atoms with Gasteiger partial charge in [-0.15, -0.1) is 11.3 Å². The smallest absolute Gasteiger partial charge is 0.209 e. The first-order chi connectivity index (χ1) is 9.92. The van der Waals surface area contributed by atoms with Gasteiger partial charge >= 0.3 is 0 Å². The molecule has 1 atom stereocenters. The number of hydrogen-bond donors (Lipinski definition) is 1. The fourth-order valence-corrected chi connectivity index (χ4v) is 4.42. The molecule has 0 spiro atoms. The summed E-state index contributed by atoms with van der Waals surface area (Å²) in [5, 5.41) is 1.06. The number of rotatable bonds is 3. The molecule has 1 aliphatic rings. The minimum absolute atomic E-state index is 0.0569. The van der Waals surface area contributed by atoms with E-state index in [-0.39, 0.29) is 6.04 Å². The molecule has 0 radical (unpaired) electrons. The first-order valence-corrected chi connectivity index (χ1v) is 9.56. The molecular weight excluding hydrogens is 308 g/mol. The van der Waals surface area contributed by atoms with Crippen LogP contribution in [0.15, 0.2) is 12.4 Å². The highest BCUT2D eigenvalue weighted by Gasteiger charge is 2.24. The lowest BCUT2D eigenvalue weighted by molar-refractivity contribution is 0.466. The van der Waals surface area contributed by atoms with Crippen molar-refractivity contribution < 1.29 is 8.42 Å². The zero-order chi connectivity index (χ0) is 15.0. The fourth-order valence-electron chi connectivity index (χ4n) is 2.78. The molecule has 6 nitrogen and oxygen atoms in total. The Balaban J connectivity index is 1.88. The Hall–Kier alpha value is -1.25. The summed E-state index contributed by atoms with van der Waals surface area (Å²) in [6.07, 6.45) is 4.60. The van der Waals surface area contributed by atoms with Gasteiger partial charge in [-0.2, -0.15) is 0 Å². The molecule has 0 saturated carbocycles. The van der Waals surface area contributed by atoms with Gasteiger partial charge in [0, 0.05) is 24.0 Å². The van der Waals surface area contributed by atoms with Gasteiger partial charge in [0.15, 0.2) is 0 Å². The van der Waals surface area contributed by atoms with Crippen LogP contribution in [0.2, 0.25) is 0 Å².